The molecular formula is C14H11ClN2O2S. The number of hydrogen-bond donors (Lipinski definition) is 1. The first-order valence-corrected chi connectivity index (χ1v) is 7.57. The van der Waals surface area contributed by atoms with Gasteiger partial charge in [0.15, 0.2) is 0 Å². The van der Waals surface area contributed by atoms with E-state index in [2.05, 4.69) is 4.72 Å². The van der Waals surface area contributed by atoms with Crippen molar-refractivity contribution < 1.29 is 8.42 Å². The second kappa shape index (κ2) is 5.53. The molecule has 0 spiro atoms. The largest absolute Gasteiger partial charge is 0.280 e. The highest BCUT2D eigenvalue weighted by Gasteiger charge is 2.15. The van der Waals surface area contributed by atoms with E-state index in [1.54, 1.807) is 25.1 Å². The van der Waals surface area contributed by atoms with Crippen LogP contribution in [-0.4, -0.2) is 8.42 Å². The van der Waals surface area contributed by atoms with Crippen LogP contribution in [0.15, 0.2) is 47.4 Å². The smallest absolute Gasteiger partial charge is 0.261 e. The van der Waals surface area contributed by atoms with Crippen molar-refractivity contribution in [2.24, 2.45) is 0 Å². The normalized spacial score (nSPS) is 10.8. The SMILES string of the molecule is Cc1cc(S(=O)(=O)Nc2cccc(C#N)c2)ccc1Cl. The molecule has 2 aromatic carbocycles. The minimum Gasteiger partial charge on any atom is -0.280 e. The number of nitriles is 1. The Hall–Kier alpha value is -2.03. The number of aryl methyl sites for hydroxylation is 1. The number of rotatable bonds is 3. The fourth-order valence-electron chi connectivity index (χ4n) is 1.65. The van der Waals surface area contributed by atoms with Crippen molar-refractivity contribution in [3.05, 3.63) is 58.6 Å². The van der Waals surface area contributed by atoms with Crippen LogP contribution in [0.2, 0.25) is 5.02 Å². The van der Waals surface area contributed by atoms with E-state index in [1.807, 2.05) is 6.07 Å². The summed E-state index contributed by atoms with van der Waals surface area (Å²) in [6.45, 7) is 1.73. The van der Waals surface area contributed by atoms with Gasteiger partial charge in [-0.25, -0.2) is 8.42 Å². The lowest BCUT2D eigenvalue weighted by molar-refractivity contribution is 0.601. The van der Waals surface area contributed by atoms with Crippen molar-refractivity contribution in [3.8, 4) is 6.07 Å². The highest BCUT2D eigenvalue weighted by atomic mass is 35.5. The molecule has 0 heterocycles. The lowest BCUT2D eigenvalue weighted by Crippen LogP contribution is -2.13. The summed E-state index contributed by atoms with van der Waals surface area (Å²) in [5.74, 6) is 0. The third-order valence-electron chi connectivity index (χ3n) is 2.68. The minimum atomic E-state index is -3.70. The molecule has 1 N–H and O–H groups in total. The predicted molar refractivity (Wildman–Crippen MR) is 78.2 cm³/mol. The Morgan fingerprint density at radius 3 is 2.60 bits per heavy atom. The van der Waals surface area contributed by atoms with Crippen LogP contribution in [-0.2, 0) is 10.0 Å². The third-order valence-corrected chi connectivity index (χ3v) is 4.49. The van der Waals surface area contributed by atoms with Crippen LogP contribution in [0.25, 0.3) is 0 Å². The van der Waals surface area contributed by atoms with Gasteiger partial charge < -0.3 is 0 Å². The molecule has 2 rings (SSSR count). The van der Waals surface area contributed by atoms with Crippen molar-refractivity contribution in [2.45, 2.75) is 11.8 Å². The quantitative estimate of drug-likeness (QED) is 0.945. The molecule has 102 valence electrons. The summed E-state index contributed by atoms with van der Waals surface area (Å²) in [5.41, 5.74) is 1.41. The van der Waals surface area contributed by atoms with Crippen molar-refractivity contribution in [2.75, 3.05) is 4.72 Å². The number of anilines is 1. The maximum Gasteiger partial charge on any atom is 0.261 e. The Labute approximate surface area is 122 Å². The van der Waals surface area contributed by atoms with E-state index < -0.39 is 10.0 Å². The molecule has 4 nitrogen and oxygen atoms in total. The maximum atomic E-state index is 12.2. The van der Waals surface area contributed by atoms with Gasteiger partial charge in [-0.3, -0.25) is 4.72 Å². The molecule has 0 saturated carbocycles. The summed E-state index contributed by atoms with van der Waals surface area (Å²) >= 11 is 5.88. The Morgan fingerprint density at radius 2 is 1.95 bits per heavy atom. The van der Waals surface area contributed by atoms with Gasteiger partial charge in [-0.05, 0) is 48.9 Å². The Morgan fingerprint density at radius 1 is 1.20 bits per heavy atom. The van der Waals surface area contributed by atoms with Crippen molar-refractivity contribution in [1.82, 2.24) is 0 Å². The van der Waals surface area contributed by atoms with E-state index in [0.29, 0.717) is 21.8 Å². The lowest BCUT2D eigenvalue weighted by atomic mass is 10.2. The summed E-state index contributed by atoms with van der Waals surface area (Å²) in [5, 5.41) is 9.31. The van der Waals surface area contributed by atoms with Crippen molar-refractivity contribution in [1.29, 1.82) is 5.26 Å². The van der Waals surface area contributed by atoms with E-state index in [-0.39, 0.29) is 4.90 Å². The molecule has 0 radical (unpaired) electrons. The van der Waals surface area contributed by atoms with Gasteiger partial charge in [-0.1, -0.05) is 17.7 Å². The minimum absolute atomic E-state index is 0.127. The van der Waals surface area contributed by atoms with Gasteiger partial charge in [0.1, 0.15) is 0 Å². The molecule has 0 bridgehead atoms. The molecule has 0 aliphatic carbocycles. The van der Waals surface area contributed by atoms with E-state index in [1.165, 1.54) is 24.3 Å². The molecule has 0 aliphatic heterocycles. The fourth-order valence-corrected chi connectivity index (χ4v) is 2.90. The second-order valence-corrected chi connectivity index (χ2v) is 6.30. The molecule has 6 heteroatoms. The van der Waals surface area contributed by atoms with Gasteiger partial charge in [0.25, 0.3) is 10.0 Å². The van der Waals surface area contributed by atoms with Crippen LogP contribution < -0.4 is 4.72 Å². The molecule has 0 aliphatic rings. The standard InChI is InChI=1S/C14H11ClN2O2S/c1-10-7-13(5-6-14(10)15)20(18,19)17-12-4-2-3-11(8-12)9-16/h2-8,17H,1H3. The molecule has 0 saturated heterocycles. The summed E-state index contributed by atoms with van der Waals surface area (Å²) in [6.07, 6.45) is 0. The summed E-state index contributed by atoms with van der Waals surface area (Å²) in [4.78, 5) is 0.127. The van der Waals surface area contributed by atoms with E-state index in [9.17, 15) is 8.42 Å². The van der Waals surface area contributed by atoms with Crippen LogP contribution in [0.3, 0.4) is 0 Å². The molecule has 0 fully saturated rings. The van der Waals surface area contributed by atoms with Gasteiger partial charge in [-0.2, -0.15) is 5.26 Å². The number of nitrogens with zero attached hydrogens (tertiary/aromatic N) is 1. The molecular weight excluding hydrogens is 296 g/mol. The Balaban J connectivity index is 2.35. The molecule has 20 heavy (non-hydrogen) atoms. The zero-order valence-corrected chi connectivity index (χ0v) is 12.2. The van der Waals surface area contributed by atoms with Crippen molar-refractivity contribution in [3.63, 3.8) is 0 Å². The number of sulfonamides is 1. The van der Waals surface area contributed by atoms with E-state index in [4.69, 9.17) is 16.9 Å². The maximum absolute atomic E-state index is 12.2. The first-order valence-electron chi connectivity index (χ1n) is 5.71. The highest BCUT2D eigenvalue weighted by molar-refractivity contribution is 7.92. The van der Waals surface area contributed by atoms with E-state index in [0.717, 1.165) is 0 Å². The number of halogens is 1. The van der Waals surface area contributed by atoms with Gasteiger partial charge in [0.05, 0.1) is 22.2 Å². The average molecular weight is 307 g/mol. The summed E-state index contributed by atoms with van der Waals surface area (Å²) in [7, 11) is -3.70. The fraction of sp³-hybridized carbons (Fsp3) is 0.0714. The van der Waals surface area contributed by atoms with Gasteiger partial charge in [0, 0.05) is 5.02 Å². The zero-order valence-electron chi connectivity index (χ0n) is 10.6. The van der Waals surface area contributed by atoms with Crippen LogP contribution in [0.4, 0.5) is 5.69 Å². The average Bonchev–Trinajstić information content (AvgIpc) is 2.41. The molecule has 0 atom stereocenters. The first-order chi connectivity index (χ1) is 9.42. The van der Waals surface area contributed by atoms with Gasteiger partial charge in [-0.15, -0.1) is 0 Å². The monoisotopic (exact) mass is 306 g/mol. The Kier molecular flexibility index (Phi) is 3.98. The summed E-state index contributed by atoms with van der Waals surface area (Å²) in [6, 6.07) is 12.7. The third kappa shape index (κ3) is 3.10. The topological polar surface area (TPSA) is 70.0 Å². The molecule has 0 aromatic heterocycles. The predicted octanol–water partition coefficient (Wildman–Crippen LogP) is 3.32. The number of hydrogen-bond acceptors (Lipinski definition) is 3. The lowest BCUT2D eigenvalue weighted by Gasteiger charge is -2.09. The van der Waals surface area contributed by atoms with Crippen molar-refractivity contribution >= 4 is 27.3 Å². The van der Waals surface area contributed by atoms with Crippen LogP contribution in [0.1, 0.15) is 11.1 Å². The zero-order chi connectivity index (χ0) is 14.8. The number of nitrogens with one attached hydrogen (secondary N) is 1. The first kappa shape index (κ1) is 14.4. The summed E-state index contributed by atoms with van der Waals surface area (Å²) < 4.78 is 26.9. The Bertz CT molecular complexity index is 795. The van der Waals surface area contributed by atoms with Gasteiger partial charge >= 0.3 is 0 Å². The molecule has 0 amide bonds. The second-order valence-electron chi connectivity index (χ2n) is 4.21. The van der Waals surface area contributed by atoms with Crippen LogP contribution in [0, 0.1) is 18.3 Å². The van der Waals surface area contributed by atoms with Crippen LogP contribution >= 0.6 is 11.6 Å². The molecule has 0 unspecified atom stereocenters. The molecule has 2 aromatic rings. The highest BCUT2D eigenvalue weighted by Crippen LogP contribution is 2.22. The van der Waals surface area contributed by atoms with Gasteiger partial charge in [0.2, 0.25) is 0 Å². The number of benzene rings is 2. The van der Waals surface area contributed by atoms with E-state index >= 15 is 0 Å². The van der Waals surface area contributed by atoms with Crippen LogP contribution in [0.5, 0.6) is 0 Å².